The van der Waals surface area contributed by atoms with Crippen molar-refractivity contribution in [2.45, 2.75) is 27.7 Å². The first kappa shape index (κ1) is 19.5. The molecule has 0 aliphatic rings. The van der Waals surface area contributed by atoms with Gasteiger partial charge in [-0.2, -0.15) is 0 Å². The lowest BCUT2D eigenvalue weighted by Crippen LogP contribution is -2.30. The van der Waals surface area contributed by atoms with E-state index in [0.717, 1.165) is 22.5 Å². The Morgan fingerprint density at radius 3 is 2.19 bits per heavy atom. The molecule has 5 heteroatoms. The number of benzene rings is 2. The number of rotatable bonds is 7. The summed E-state index contributed by atoms with van der Waals surface area (Å²) in [6.45, 7) is 9.40. The Labute approximate surface area is 155 Å². The number of carbonyl (C=O) groups excluding carboxylic acids is 2. The van der Waals surface area contributed by atoms with Crippen molar-refractivity contribution in [2.75, 3.05) is 30.3 Å². The summed E-state index contributed by atoms with van der Waals surface area (Å²) >= 11 is 0. The summed E-state index contributed by atoms with van der Waals surface area (Å²) in [4.78, 5) is 26.4. The van der Waals surface area contributed by atoms with Gasteiger partial charge in [0.05, 0.1) is 6.54 Å². The molecular formula is C21H27N3O2. The fourth-order valence-corrected chi connectivity index (χ4v) is 2.89. The number of hydrogen-bond donors (Lipinski definition) is 2. The topological polar surface area (TPSA) is 61.4 Å². The number of amides is 2. The van der Waals surface area contributed by atoms with Crippen LogP contribution < -0.4 is 10.6 Å². The molecule has 0 saturated heterocycles. The van der Waals surface area contributed by atoms with Gasteiger partial charge in [0.2, 0.25) is 5.91 Å². The number of nitrogens with zero attached hydrogens (tertiary/aromatic N) is 1. The molecule has 0 aliphatic carbocycles. The Morgan fingerprint density at radius 1 is 0.923 bits per heavy atom. The van der Waals surface area contributed by atoms with Crippen LogP contribution in [0.1, 0.15) is 35.3 Å². The average molecular weight is 353 g/mol. The summed E-state index contributed by atoms with van der Waals surface area (Å²) < 4.78 is 0. The van der Waals surface area contributed by atoms with E-state index in [-0.39, 0.29) is 18.4 Å². The van der Waals surface area contributed by atoms with Gasteiger partial charge >= 0.3 is 0 Å². The van der Waals surface area contributed by atoms with Crippen molar-refractivity contribution in [1.82, 2.24) is 4.90 Å². The van der Waals surface area contributed by atoms with Crippen LogP contribution in [0.5, 0.6) is 0 Å². The monoisotopic (exact) mass is 353 g/mol. The van der Waals surface area contributed by atoms with Crippen LogP contribution >= 0.6 is 0 Å². The van der Waals surface area contributed by atoms with Crippen molar-refractivity contribution in [3.05, 3.63) is 59.2 Å². The van der Waals surface area contributed by atoms with E-state index in [0.29, 0.717) is 18.7 Å². The third kappa shape index (κ3) is 5.34. The summed E-state index contributed by atoms with van der Waals surface area (Å²) in [7, 11) is 0. The molecule has 0 aromatic heterocycles. The van der Waals surface area contributed by atoms with Crippen LogP contribution in [-0.4, -0.2) is 36.3 Å². The summed E-state index contributed by atoms with van der Waals surface area (Å²) in [5, 5.41) is 5.97. The summed E-state index contributed by atoms with van der Waals surface area (Å²) in [6.07, 6.45) is 0. The molecule has 2 aromatic rings. The second-order valence-corrected chi connectivity index (χ2v) is 6.34. The van der Waals surface area contributed by atoms with Crippen molar-refractivity contribution < 1.29 is 9.59 Å². The fourth-order valence-electron chi connectivity index (χ4n) is 2.89. The third-order valence-electron chi connectivity index (χ3n) is 4.12. The van der Waals surface area contributed by atoms with Gasteiger partial charge in [0.25, 0.3) is 5.91 Å². The maximum atomic E-state index is 12.4. The lowest BCUT2D eigenvalue weighted by molar-refractivity contribution is -0.114. The van der Waals surface area contributed by atoms with Gasteiger partial charge in [0, 0.05) is 30.0 Å². The second kappa shape index (κ2) is 9.04. The highest BCUT2D eigenvalue weighted by atomic mass is 16.2. The molecule has 2 N–H and O–H groups in total. The molecule has 2 aromatic carbocycles. The molecule has 0 heterocycles. The van der Waals surface area contributed by atoms with Crippen LogP contribution in [0.4, 0.5) is 11.4 Å². The van der Waals surface area contributed by atoms with Crippen LogP contribution in [0.2, 0.25) is 0 Å². The Hall–Kier alpha value is -2.82. The number of carbonyl (C=O) groups is 2. The molecule has 138 valence electrons. The summed E-state index contributed by atoms with van der Waals surface area (Å²) in [5.41, 5.74) is 4.37. The van der Waals surface area contributed by atoms with E-state index in [1.807, 2.05) is 52.0 Å². The first-order chi connectivity index (χ1) is 12.4. The van der Waals surface area contributed by atoms with Gasteiger partial charge in [-0.15, -0.1) is 0 Å². The Morgan fingerprint density at radius 2 is 1.58 bits per heavy atom. The largest absolute Gasteiger partial charge is 0.376 e. The lowest BCUT2D eigenvalue weighted by atomic mass is 10.1. The van der Waals surface area contributed by atoms with Gasteiger partial charge in [-0.3, -0.25) is 9.59 Å². The molecule has 2 rings (SSSR count). The molecule has 0 radical (unpaired) electrons. The molecule has 26 heavy (non-hydrogen) atoms. The molecule has 0 atom stereocenters. The van der Waals surface area contributed by atoms with Crippen molar-refractivity contribution in [3.63, 3.8) is 0 Å². The number of nitrogens with one attached hydrogen (secondary N) is 2. The van der Waals surface area contributed by atoms with Crippen molar-refractivity contribution in [1.29, 1.82) is 0 Å². The minimum Gasteiger partial charge on any atom is -0.376 e. The minimum atomic E-state index is -0.129. The third-order valence-corrected chi connectivity index (χ3v) is 4.12. The van der Waals surface area contributed by atoms with E-state index in [2.05, 4.69) is 16.7 Å². The highest BCUT2D eigenvalue weighted by molar-refractivity contribution is 5.96. The van der Waals surface area contributed by atoms with Gasteiger partial charge in [0.15, 0.2) is 0 Å². The molecule has 2 amide bonds. The number of hydrogen-bond acceptors (Lipinski definition) is 3. The maximum Gasteiger partial charge on any atom is 0.253 e. The van der Waals surface area contributed by atoms with Crippen LogP contribution in [-0.2, 0) is 4.79 Å². The number of anilines is 2. The van der Waals surface area contributed by atoms with Crippen molar-refractivity contribution in [2.24, 2.45) is 0 Å². The SMILES string of the molecule is CCN(CC)C(=O)c1cccc(NCC(=O)Nc2cc(C)cc(C)c2)c1. The van der Waals surface area contributed by atoms with E-state index in [4.69, 9.17) is 0 Å². The molecule has 0 fully saturated rings. The standard InChI is InChI=1S/C21H27N3O2/c1-5-24(6-2)21(26)17-8-7-9-18(13-17)22-14-20(25)23-19-11-15(3)10-16(4)12-19/h7-13,22H,5-6,14H2,1-4H3,(H,23,25). The Kier molecular flexibility index (Phi) is 6.78. The normalized spacial score (nSPS) is 10.3. The van der Waals surface area contributed by atoms with Crippen LogP contribution in [0.15, 0.2) is 42.5 Å². The Bertz CT molecular complexity index is 762. The van der Waals surface area contributed by atoms with Crippen molar-refractivity contribution >= 4 is 23.2 Å². The lowest BCUT2D eigenvalue weighted by Gasteiger charge is -2.19. The van der Waals surface area contributed by atoms with E-state index >= 15 is 0 Å². The highest BCUT2D eigenvalue weighted by Gasteiger charge is 2.12. The van der Waals surface area contributed by atoms with E-state index in [1.165, 1.54) is 0 Å². The van der Waals surface area contributed by atoms with Gasteiger partial charge in [-0.1, -0.05) is 12.1 Å². The van der Waals surface area contributed by atoms with E-state index < -0.39 is 0 Å². The molecule has 0 unspecified atom stereocenters. The molecular weight excluding hydrogens is 326 g/mol. The first-order valence-corrected chi connectivity index (χ1v) is 8.94. The van der Waals surface area contributed by atoms with E-state index in [1.54, 1.807) is 17.0 Å². The maximum absolute atomic E-state index is 12.4. The zero-order valence-corrected chi connectivity index (χ0v) is 15.9. The zero-order valence-electron chi connectivity index (χ0n) is 15.9. The quantitative estimate of drug-likeness (QED) is 0.795. The second-order valence-electron chi connectivity index (χ2n) is 6.34. The van der Waals surface area contributed by atoms with Gasteiger partial charge in [0.1, 0.15) is 0 Å². The predicted octanol–water partition coefficient (Wildman–Crippen LogP) is 3.84. The van der Waals surface area contributed by atoms with Gasteiger partial charge in [-0.05, 0) is 69.2 Å². The van der Waals surface area contributed by atoms with Crippen LogP contribution in [0, 0.1) is 13.8 Å². The molecule has 5 nitrogen and oxygen atoms in total. The number of aryl methyl sites for hydroxylation is 2. The van der Waals surface area contributed by atoms with Crippen LogP contribution in [0.25, 0.3) is 0 Å². The molecule has 0 bridgehead atoms. The fraction of sp³-hybridized carbons (Fsp3) is 0.333. The molecule has 0 aliphatic heterocycles. The summed E-state index contributed by atoms with van der Waals surface area (Å²) in [6, 6.07) is 13.2. The predicted molar refractivity (Wildman–Crippen MR) is 107 cm³/mol. The van der Waals surface area contributed by atoms with Crippen molar-refractivity contribution in [3.8, 4) is 0 Å². The first-order valence-electron chi connectivity index (χ1n) is 8.94. The molecule has 0 saturated carbocycles. The Balaban J connectivity index is 1.97. The smallest absolute Gasteiger partial charge is 0.253 e. The van der Waals surface area contributed by atoms with E-state index in [9.17, 15) is 9.59 Å². The van der Waals surface area contributed by atoms with Gasteiger partial charge < -0.3 is 15.5 Å². The van der Waals surface area contributed by atoms with Gasteiger partial charge in [-0.25, -0.2) is 0 Å². The van der Waals surface area contributed by atoms with Crippen LogP contribution in [0.3, 0.4) is 0 Å². The average Bonchev–Trinajstić information content (AvgIpc) is 2.60. The minimum absolute atomic E-state index is 0.00154. The highest BCUT2D eigenvalue weighted by Crippen LogP contribution is 2.15. The molecule has 0 spiro atoms. The summed E-state index contributed by atoms with van der Waals surface area (Å²) in [5.74, 6) is -0.131. The zero-order chi connectivity index (χ0) is 19.1.